The Bertz CT molecular complexity index is 1480. The van der Waals surface area contributed by atoms with Crippen LogP contribution in [-0.2, 0) is 23.3 Å². The van der Waals surface area contributed by atoms with E-state index in [-0.39, 0.29) is 35.5 Å². The number of fused-ring (bicyclic) bond motifs is 2. The van der Waals surface area contributed by atoms with Crippen molar-refractivity contribution in [1.82, 2.24) is 5.32 Å². The highest BCUT2D eigenvalue weighted by Crippen LogP contribution is 2.43. The summed E-state index contributed by atoms with van der Waals surface area (Å²) in [6.07, 6.45) is 0. The van der Waals surface area contributed by atoms with Gasteiger partial charge in [-0.05, 0) is 61.9 Å². The Morgan fingerprint density at radius 3 is 2.66 bits per heavy atom. The van der Waals surface area contributed by atoms with Crippen LogP contribution in [0.5, 0.6) is 0 Å². The molecule has 2 amide bonds. The first-order valence-corrected chi connectivity index (χ1v) is 11.4. The van der Waals surface area contributed by atoms with Gasteiger partial charge in [0.05, 0.1) is 18.5 Å². The first-order chi connectivity index (χ1) is 16.6. The normalized spacial score (nSPS) is 14.4. The fourth-order valence-electron chi connectivity index (χ4n) is 4.40. The zero-order valence-corrected chi connectivity index (χ0v) is 19.7. The maximum absolute atomic E-state index is 14.5. The van der Waals surface area contributed by atoms with Crippen molar-refractivity contribution in [2.24, 2.45) is 0 Å². The Kier molecular flexibility index (Phi) is 5.60. The van der Waals surface area contributed by atoms with Crippen LogP contribution in [0.4, 0.5) is 14.5 Å². The van der Waals surface area contributed by atoms with Crippen LogP contribution in [0.2, 0.25) is 5.02 Å². The molecule has 1 aromatic heterocycles. The number of nitrogens with zero attached hydrogens (tertiary/aromatic N) is 1. The van der Waals surface area contributed by atoms with Gasteiger partial charge in [0.1, 0.15) is 23.0 Å². The molecule has 1 aliphatic heterocycles. The van der Waals surface area contributed by atoms with Gasteiger partial charge in [-0.1, -0.05) is 23.7 Å². The third-order valence-electron chi connectivity index (χ3n) is 6.34. The second-order valence-corrected chi connectivity index (χ2v) is 9.43. The number of benzene rings is 3. The summed E-state index contributed by atoms with van der Waals surface area (Å²) >= 11 is 6.20. The van der Waals surface area contributed by atoms with E-state index >= 15 is 0 Å². The predicted molar refractivity (Wildman–Crippen MR) is 129 cm³/mol. The lowest BCUT2D eigenvalue weighted by Gasteiger charge is -2.21. The smallest absolute Gasteiger partial charge is 0.251 e. The summed E-state index contributed by atoms with van der Waals surface area (Å²) in [7, 11) is 0. The van der Waals surface area contributed by atoms with Gasteiger partial charge in [0, 0.05) is 33.3 Å². The lowest BCUT2D eigenvalue weighted by Crippen LogP contribution is -2.36. The molecule has 0 unspecified atom stereocenters. The average molecular weight is 495 g/mol. The van der Waals surface area contributed by atoms with Crippen LogP contribution < -0.4 is 10.2 Å². The summed E-state index contributed by atoms with van der Waals surface area (Å²) in [5.41, 5.74) is 1.38. The van der Waals surface area contributed by atoms with Gasteiger partial charge >= 0.3 is 0 Å². The maximum Gasteiger partial charge on any atom is 0.251 e. The van der Waals surface area contributed by atoms with Crippen LogP contribution >= 0.6 is 11.6 Å². The Morgan fingerprint density at radius 2 is 1.89 bits per heavy atom. The van der Waals surface area contributed by atoms with Crippen LogP contribution in [0.3, 0.4) is 0 Å². The number of hydrogen-bond donors (Lipinski definition) is 1. The van der Waals surface area contributed by atoms with Crippen LogP contribution in [0.25, 0.3) is 11.0 Å². The van der Waals surface area contributed by atoms with E-state index in [1.165, 1.54) is 29.2 Å². The minimum Gasteiger partial charge on any atom is -0.459 e. The second kappa shape index (κ2) is 8.50. The summed E-state index contributed by atoms with van der Waals surface area (Å²) in [5.74, 6) is -1.01. The highest BCUT2D eigenvalue weighted by molar-refractivity contribution is 6.31. The van der Waals surface area contributed by atoms with E-state index in [2.05, 4.69) is 5.32 Å². The van der Waals surface area contributed by atoms with Crippen LogP contribution in [0.15, 0.2) is 65.1 Å². The molecule has 8 heteroatoms. The molecule has 178 valence electrons. The zero-order valence-electron chi connectivity index (χ0n) is 19.0. The van der Waals surface area contributed by atoms with E-state index in [1.807, 2.05) is 0 Å². The monoisotopic (exact) mass is 494 g/mol. The molecule has 3 aromatic carbocycles. The van der Waals surface area contributed by atoms with Crippen molar-refractivity contribution in [3.8, 4) is 0 Å². The number of nitrogens with one attached hydrogen (secondary N) is 1. The fourth-order valence-corrected chi connectivity index (χ4v) is 4.62. The number of carbonyl (C=O) groups is 2. The molecule has 5 rings (SSSR count). The van der Waals surface area contributed by atoms with Gasteiger partial charge < -0.3 is 14.6 Å². The summed E-state index contributed by atoms with van der Waals surface area (Å²) in [4.78, 5) is 27.6. The Balaban J connectivity index is 1.40. The molecule has 0 spiro atoms. The van der Waals surface area contributed by atoms with Crippen molar-refractivity contribution in [2.45, 2.75) is 32.4 Å². The predicted octanol–water partition coefficient (Wildman–Crippen LogP) is 6.12. The minimum absolute atomic E-state index is 0.0542. The number of anilines is 1. The summed E-state index contributed by atoms with van der Waals surface area (Å²) in [5, 5.41) is 3.74. The van der Waals surface area contributed by atoms with Gasteiger partial charge in [0.25, 0.3) is 5.91 Å². The molecule has 1 aliphatic rings. The van der Waals surface area contributed by atoms with Crippen molar-refractivity contribution in [2.75, 3.05) is 4.90 Å². The summed E-state index contributed by atoms with van der Waals surface area (Å²) < 4.78 is 33.5. The third kappa shape index (κ3) is 4.06. The number of rotatable bonds is 5. The third-order valence-corrected chi connectivity index (χ3v) is 6.69. The molecule has 0 saturated carbocycles. The Labute approximate surface area is 205 Å². The Hall–Kier alpha value is -3.71. The molecule has 0 saturated heterocycles. The largest absolute Gasteiger partial charge is 0.459 e. The number of furan rings is 1. The standard InChI is InChI=1S/C27H21ClF2N2O3/c1-27(2)20-9-7-16(25(33)31-13-18-10-15-6-8-17(29)12-24(15)35-18)11-23(20)32(26(27)34)14-19-21(28)4-3-5-22(19)30/h3-12H,13-14H2,1-2H3,(H,31,33). The van der Waals surface area contributed by atoms with Crippen LogP contribution in [0, 0.1) is 11.6 Å². The minimum atomic E-state index is -0.842. The van der Waals surface area contributed by atoms with Crippen molar-refractivity contribution in [3.63, 3.8) is 0 Å². The van der Waals surface area contributed by atoms with E-state index in [0.717, 1.165) is 10.9 Å². The lowest BCUT2D eigenvalue weighted by molar-refractivity contribution is -0.122. The van der Waals surface area contributed by atoms with E-state index < -0.39 is 17.0 Å². The lowest BCUT2D eigenvalue weighted by atomic mass is 9.86. The summed E-state index contributed by atoms with van der Waals surface area (Å²) in [6, 6.07) is 15.4. The van der Waals surface area contributed by atoms with Gasteiger partial charge in [-0.3, -0.25) is 9.59 Å². The highest BCUT2D eigenvalue weighted by Gasteiger charge is 2.44. The van der Waals surface area contributed by atoms with Gasteiger partial charge in [-0.2, -0.15) is 0 Å². The SMILES string of the molecule is CC1(C)C(=O)N(Cc2c(F)cccc2Cl)c2cc(C(=O)NCc3cc4ccc(F)cc4o3)ccc21. The molecule has 0 radical (unpaired) electrons. The number of halogens is 3. The van der Waals surface area contributed by atoms with E-state index in [9.17, 15) is 18.4 Å². The number of amides is 2. The molecule has 35 heavy (non-hydrogen) atoms. The molecule has 0 bridgehead atoms. The molecule has 2 heterocycles. The molecule has 5 nitrogen and oxygen atoms in total. The fraction of sp³-hybridized carbons (Fsp3) is 0.185. The first kappa shape index (κ1) is 23.1. The zero-order chi connectivity index (χ0) is 24.9. The molecule has 0 fully saturated rings. The molecular weight excluding hydrogens is 474 g/mol. The van der Waals surface area contributed by atoms with Gasteiger partial charge in [0.15, 0.2) is 0 Å². The van der Waals surface area contributed by atoms with Crippen LogP contribution in [0.1, 0.15) is 41.1 Å². The van der Waals surface area contributed by atoms with Gasteiger partial charge in [-0.15, -0.1) is 0 Å². The quantitative estimate of drug-likeness (QED) is 0.363. The van der Waals surface area contributed by atoms with Gasteiger partial charge in [-0.25, -0.2) is 8.78 Å². The van der Waals surface area contributed by atoms with Crippen molar-refractivity contribution < 1.29 is 22.8 Å². The maximum atomic E-state index is 14.5. The van der Waals surface area contributed by atoms with E-state index in [0.29, 0.717) is 22.6 Å². The van der Waals surface area contributed by atoms with Crippen molar-refractivity contribution in [1.29, 1.82) is 0 Å². The molecular formula is C27H21ClF2N2O3. The number of hydrogen-bond acceptors (Lipinski definition) is 3. The molecule has 1 N–H and O–H groups in total. The van der Waals surface area contributed by atoms with Crippen molar-refractivity contribution >= 4 is 40.1 Å². The summed E-state index contributed by atoms with van der Waals surface area (Å²) in [6.45, 7) is 3.63. The first-order valence-electron chi connectivity index (χ1n) is 11.0. The topological polar surface area (TPSA) is 62.6 Å². The highest BCUT2D eigenvalue weighted by atomic mass is 35.5. The van der Waals surface area contributed by atoms with Crippen molar-refractivity contribution in [3.05, 3.63) is 99.8 Å². The second-order valence-electron chi connectivity index (χ2n) is 9.03. The average Bonchev–Trinajstić information content (AvgIpc) is 3.31. The molecule has 0 aliphatic carbocycles. The number of carbonyl (C=O) groups excluding carboxylic acids is 2. The molecule has 4 aromatic rings. The molecule has 0 atom stereocenters. The van der Waals surface area contributed by atoms with Gasteiger partial charge in [0.2, 0.25) is 5.91 Å². The van der Waals surface area contributed by atoms with E-state index in [4.69, 9.17) is 16.0 Å². The van der Waals surface area contributed by atoms with E-state index in [1.54, 1.807) is 50.2 Å². The Morgan fingerprint density at radius 1 is 1.09 bits per heavy atom. The van der Waals surface area contributed by atoms with Crippen LogP contribution in [-0.4, -0.2) is 11.8 Å².